The highest BCUT2D eigenvalue weighted by atomic mass is 35.5. The average molecular weight is 362 g/mol. The Kier molecular flexibility index (Phi) is 4.29. The number of nitrogens with zero attached hydrogens (tertiary/aromatic N) is 1. The zero-order chi connectivity index (χ0) is 16.5. The predicted octanol–water partition coefficient (Wildman–Crippen LogP) is 3.89. The lowest BCUT2D eigenvalue weighted by atomic mass is 10.1. The number of hydrogen-bond donors (Lipinski definition) is 0. The van der Waals surface area contributed by atoms with Crippen molar-refractivity contribution in [2.75, 3.05) is 19.1 Å². The molecule has 1 saturated heterocycles. The zero-order valence-corrected chi connectivity index (χ0v) is 14.5. The van der Waals surface area contributed by atoms with Crippen LogP contribution in [0.3, 0.4) is 0 Å². The molecule has 0 aliphatic carbocycles. The molecule has 0 spiro atoms. The normalized spacial score (nSPS) is 18.9. The molecular weight excluding hydrogens is 346 g/mol. The number of ether oxygens (including phenoxy) is 2. The van der Waals surface area contributed by atoms with Gasteiger partial charge in [0.15, 0.2) is 11.5 Å². The zero-order valence-electron chi connectivity index (χ0n) is 12.9. The molecule has 2 aliphatic rings. The SMILES string of the molecule is O=C(Cc1ccc2c(c1)OCO2)N1CCSC1c1ccccc1Cl. The molecular formula is C18H16ClNO3S. The Morgan fingerprint density at radius 3 is 2.92 bits per heavy atom. The van der Waals surface area contributed by atoms with E-state index in [0.717, 1.165) is 29.2 Å². The molecule has 0 radical (unpaired) electrons. The minimum atomic E-state index is -0.0137. The molecule has 6 heteroatoms. The molecule has 0 bridgehead atoms. The van der Waals surface area contributed by atoms with E-state index in [1.54, 1.807) is 11.8 Å². The topological polar surface area (TPSA) is 38.8 Å². The molecule has 2 aromatic carbocycles. The molecule has 2 aliphatic heterocycles. The standard InChI is InChI=1S/C18H16ClNO3S/c19-14-4-2-1-3-13(14)18-20(7-8-24-18)17(21)10-12-5-6-15-16(9-12)23-11-22-15/h1-6,9,18H,7-8,10-11H2. The van der Waals surface area contributed by atoms with Crippen LogP contribution >= 0.6 is 23.4 Å². The van der Waals surface area contributed by atoms with Gasteiger partial charge in [0.25, 0.3) is 0 Å². The molecule has 24 heavy (non-hydrogen) atoms. The number of halogens is 1. The fraction of sp³-hybridized carbons (Fsp3) is 0.278. The first-order valence-corrected chi connectivity index (χ1v) is 9.19. The Hall–Kier alpha value is -1.85. The van der Waals surface area contributed by atoms with E-state index in [1.807, 2.05) is 47.4 Å². The van der Waals surface area contributed by atoms with Crippen LogP contribution in [-0.4, -0.2) is 29.9 Å². The summed E-state index contributed by atoms with van der Waals surface area (Å²) in [6.45, 7) is 0.980. The van der Waals surface area contributed by atoms with E-state index in [0.29, 0.717) is 17.2 Å². The second-order valence-electron chi connectivity index (χ2n) is 5.70. The van der Waals surface area contributed by atoms with Gasteiger partial charge in [0, 0.05) is 22.9 Å². The highest BCUT2D eigenvalue weighted by Crippen LogP contribution is 2.41. The molecule has 4 rings (SSSR count). The Morgan fingerprint density at radius 1 is 1.21 bits per heavy atom. The van der Waals surface area contributed by atoms with Gasteiger partial charge < -0.3 is 14.4 Å². The van der Waals surface area contributed by atoms with Crippen LogP contribution in [0, 0.1) is 0 Å². The monoisotopic (exact) mass is 361 g/mol. The quantitative estimate of drug-likeness (QED) is 0.831. The highest BCUT2D eigenvalue weighted by Gasteiger charge is 2.31. The summed E-state index contributed by atoms with van der Waals surface area (Å²) in [5.41, 5.74) is 1.93. The third-order valence-electron chi connectivity index (χ3n) is 4.17. The van der Waals surface area contributed by atoms with E-state index in [2.05, 4.69) is 0 Å². The van der Waals surface area contributed by atoms with Crippen LogP contribution in [0.15, 0.2) is 42.5 Å². The Bertz CT molecular complexity index is 783. The number of thioether (sulfide) groups is 1. The molecule has 124 valence electrons. The summed E-state index contributed by atoms with van der Waals surface area (Å²) in [5, 5.41) is 0.693. The Morgan fingerprint density at radius 2 is 2.04 bits per heavy atom. The maximum absolute atomic E-state index is 12.8. The van der Waals surface area contributed by atoms with Gasteiger partial charge in [0.05, 0.1) is 6.42 Å². The van der Waals surface area contributed by atoms with Crippen molar-refractivity contribution < 1.29 is 14.3 Å². The number of fused-ring (bicyclic) bond motifs is 1. The summed E-state index contributed by atoms with van der Waals surface area (Å²) >= 11 is 8.07. The number of benzene rings is 2. The van der Waals surface area contributed by atoms with Gasteiger partial charge in [-0.15, -0.1) is 11.8 Å². The summed E-state index contributed by atoms with van der Waals surface area (Å²) in [4.78, 5) is 14.7. The van der Waals surface area contributed by atoms with E-state index in [-0.39, 0.29) is 18.1 Å². The number of amides is 1. The van der Waals surface area contributed by atoms with Crippen molar-refractivity contribution >= 4 is 29.3 Å². The molecule has 1 unspecified atom stereocenters. The molecule has 1 amide bonds. The van der Waals surface area contributed by atoms with Gasteiger partial charge >= 0.3 is 0 Å². The summed E-state index contributed by atoms with van der Waals surface area (Å²) in [5.74, 6) is 2.46. The van der Waals surface area contributed by atoms with Crippen molar-refractivity contribution in [3.8, 4) is 11.5 Å². The number of carbonyl (C=O) groups is 1. The maximum Gasteiger partial charge on any atom is 0.231 e. The lowest BCUT2D eigenvalue weighted by Gasteiger charge is -2.25. The largest absolute Gasteiger partial charge is 0.454 e. The van der Waals surface area contributed by atoms with Crippen LogP contribution in [0.5, 0.6) is 11.5 Å². The van der Waals surface area contributed by atoms with Gasteiger partial charge in [-0.25, -0.2) is 0 Å². The first-order valence-electron chi connectivity index (χ1n) is 7.76. The predicted molar refractivity (Wildman–Crippen MR) is 94.6 cm³/mol. The molecule has 1 atom stereocenters. The number of rotatable bonds is 3. The van der Waals surface area contributed by atoms with Crippen molar-refractivity contribution in [1.29, 1.82) is 0 Å². The van der Waals surface area contributed by atoms with Gasteiger partial charge in [-0.1, -0.05) is 35.9 Å². The Balaban J connectivity index is 1.52. The van der Waals surface area contributed by atoms with Crippen LogP contribution < -0.4 is 9.47 Å². The van der Waals surface area contributed by atoms with Crippen LogP contribution in [0.4, 0.5) is 0 Å². The second kappa shape index (κ2) is 6.57. The second-order valence-corrected chi connectivity index (χ2v) is 7.29. The molecule has 0 aromatic heterocycles. The average Bonchev–Trinajstić information content (AvgIpc) is 3.24. The third-order valence-corrected chi connectivity index (χ3v) is 5.76. The van der Waals surface area contributed by atoms with Gasteiger partial charge in [0.1, 0.15) is 5.37 Å². The smallest absolute Gasteiger partial charge is 0.231 e. The summed E-state index contributed by atoms with van der Waals surface area (Å²) < 4.78 is 10.7. The van der Waals surface area contributed by atoms with Gasteiger partial charge in [-0.05, 0) is 23.8 Å². The van der Waals surface area contributed by atoms with Gasteiger partial charge in [-0.2, -0.15) is 0 Å². The molecule has 4 nitrogen and oxygen atoms in total. The Labute approximate surface area is 149 Å². The fourth-order valence-corrected chi connectivity index (χ4v) is 4.60. The van der Waals surface area contributed by atoms with Crippen LogP contribution in [0.1, 0.15) is 16.5 Å². The fourth-order valence-electron chi connectivity index (χ4n) is 2.99. The van der Waals surface area contributed by atoms with E-state index in [4.69, 9.17) is 21.1 Å². The van der Waals surface area contributed by atoms with Crippen molar-refractivity contribution in [2.45, 2.75) is 11.8 Å². The van der Waals surface area contributed by atoms with E-state index in [9.17, 15) is 4.79 Å². The first kappa shape index (κ1) is 15.7. The van der Waals surface area contributed by atoms with Crippen LogP contribution in [0.25, 0.3) is 0 Å². The van der Waals surface area contributed by atoms with Crippen molar-refractivity contribution in [3.63, 3.8) is 0 Å². The maximum atomic E-state index is 12.8. The molecule has 2 aromatic rings. The third kappa shape index (κ3) is 2.94. The van der Waals surface area contributed by atoms with E-state index in [1.165, 1.54) is 0 Å². The summed E-state index contributed by atoms with van der Waals surface area (Å²) in [6, 6.07) is 13.4. The minimum Gasteiger partial charge on any atom is -0.454 e. The van der Waals surface area contributed by atoms with Crippen LogP contribution in [0.2, 0.25) is 5.02 Å². The van der Waals surface area contributed by atoms with Crippen molar-refractivity contribution in [3.05, 3.63) is 58.6 Å². The van der Waals surface area contributed by atoms with Crippen molar-refractivity contribution in [1.82, 2.24) is 4.90 Å². The summed E-state index contributed by atoms with van der Waals surface area (Å²) in [6.07, 6.45) is 0.345. The molecule has 0 N–H and O–H groups in total. The van der Waals surface area contributed by atoms with Gasteiger partial charge in [0.2, 0.25) is 12.7 Å². The number of carbonyl (C=O) groups excluding carboxylic acids is 1. The highest BCUT2D eigenvalue weighted by molar-refractivity contribution is 7.99. The van der Waals surface area contributed by atoms with E-state index < -0.39 is 0 Å². The van der Waals surface area contributed by atoms with E-state index >= 15 is 0 Å². The van der Waals surface area contributed by atoms with Crippen molar-refractivity contribution in [2.24, 2.45) is 0 Å². The molecule has 0 saturated carbocycles. The van der Waals surface area contributed by atoms with Gasteiger partial charge in [-0.3, -0.25) is 4.79 Å². The summed E-state index contributed by atoms with van der Waals surface area (Å²) in [7, 11) is 0. The lowest BCUT2D eigenvalue weighted by Crippen LogP contribution is -2.31. The molecule has 2 heterocycles. The first-order chi connectivity index (χ1) is 11.7. The molecule has 1 fully saturated rings. The number of hydrogen-bond acceptors (Lipinski definition) is 4. The lowest BCUT2D eigenvalue weighted by molar-refractivity contribution is -0.130. The van der Waals surface area contributed by atoms with Crippen LogP contribution in [-0.2, 0) is 11.2 Å². The minimum absolute atomic E-state index is 0.0137.